The molecule has 2 aromatic carbocycles. The van der Waals surface area contributed by atoms with Gasteiger partial charge in [0.15, 0.2) is 0 Å². The van der Waals surface area contributed by atoms with Crippen LogP contribution < -0.4 is 15.4 Å². The van der Waals surface area contributed by atoms with Crippen molar-refractivity contribution in [1.29, 1.82) is 0 Å². The molecular weight excluding hydrogens is 260 g/mol. The van der Waals surface area contributed by atoms with E-state index >= 15 is 0 Å². The molecule has 2 aromatic rings. The minimum absolute atomic E-state index is 0.182. The van der Waals surface area contributed by atoms with Crippen LogP contribution in [0, 0.1) is 0 Å². The van der Waals surface area contributed by atoms with Gasteiger partial charge in [-0.2, -0.15) is 0 Å². The van der Waals surface area contributed by atoms with Crippen LogP contribution in [-0.2, 0) is 0 Å². The highest BCUT2D eigenvalue weighted by atomic mass is 16.5. The number of hydrogen-bond acceptors (Lipinski definition) is 3. The van der Waals surface area contributed by atoms with Gasteiger partial charge in [0.2, 0.25) is 0 Å². The van der Waals surface area contributed by atoms with E-state index in [1.54, 1.807) is 0 Å². The van der Waals surface area contributed by atoms with Gasteiger partial charge in [-0.25, -0.2) is 0 Å². The van der Waals surface area contributed by atoms with Crippen molar-refractivity contribution in [2.45, 2.75) is 19.4 Å². The molecule has 2 rings (SSSR count). The van der Waals surface area contributed by atoms with E-state index in [1.807, 2.05) is 44.4 Å². The molecule has 0 saturated carbocycles. The highest BCUT2D eigenvalue weighted by Crippen LogP contribution is 2.29. The maximum Gasteiger partial charge on any atom is 0.124 e. The van der Waals surface area contributed by atoms with Crippen LogP contribution in [-0.4, -0.2) is 20.7 Å². The summed E-state index contributed by atoms with van der Waals surface area (Å²) in [5.74, 6) is 0.877. The standard InChI is InChI=1S/C18H24N2O/c1-4-12-21-17-11-6-5-10-16(17)18(19)14-8-7-9-15(13-14)20(2)3/h5-11,13,18H,4,12,19H2,1-3H3. The average molecular weight is 284 g/mol. The Morgan fingerprint density at radius 3 is 2.57 bits per heavy atom. The number of para-hydroxylation sites is 1. The third-order valence-corrected chi connectivity index (χ3v) is 3.46. The smallest absolute Gasteiger partial charge is 0.124 e. The van der Waals surface area contributed by atoms with Gasteiger partial charge in [-0.3, -0.25) is 0 Å². The Morgan fingerprint density at radius 2 is 1.86 bits per heavy atom. The lowest BCUT2D eigenvalue weighted by Crippen LogP contribution is -2.15. The molecule has 0 aliphatic carbocycles. The molecule has 0 aliphatic rings. The number of ether oxygens (including phenoxy) is 1. The topological polar surface area (TPSA) is 38.5 Å². The van der Waals surface area contributed by atoms with Crippen molar-refractivity contribution in [2.24, 2.45) is 5.73 Å². The molecule has 21 heavy (non-hydrogen) atoms. The Kier molecular flexibility index (Phi) is 5.23. The van der Waals surface area contributed by atoms with Crippen molar-refractivity contribution in [3.05, 3.63) is 59.7 Å². The van der Waals surface area contributed by atoms with Crippen molar-refractivity contribution >= 4 is 5.69 Å². The first-order valence-corrected chi connectivity index (χ1v) is 7.38. The molecular formula is C18H24N2O. The Balaban J connectivity index is 2.31. The van der Waals surface area contributed by atoms with Crippen molar-refractivity contribution in [2.75, 3.05) is 25.6 Å². The van der Waals surface area contributed by atoms with Crippen LogP contribution in [0.2, 0.25) is 0 Å². The molecule has 3 heteroatoms. The molecule has 112 valence electrons. The summed E-state index contributed by atoms with van der Waals surface area (Å²) in [5.41, 5.74) is 9.73. The molecule has 0 heterocycles. The molecule has 0 fully saturated rings. The summed E-state index contributed by atoms with van der Waals surface area (Å²) in [5, 5.41) is 0. The second-order valence-corrected chi connectivity index (χ2v) is 5.35. The van der Waals surface area contributed by atoms with E-state index < -0.39 is 0 Å². The van der Waals surface area contributed by atoms with Crippen LogP contribution in [0.15, 0.2) is 48.5 Å². The summed E-state index contributed by atoms with van der Waals surface area (Å²) < 4.78 is 5.82. The predicted molar refractivity (Wildman–Crippen MR) is 89.0 cm³/mol. The number of anilines is 1. The van der Waals surface area contributed by atoms with E-state index in [0.29, 0.717) is 6.61 Å². The average Bonchev–Trinajstić information content (AvgIpc) is 2.52. The van der Waals surface area contributed by atoms with Gasteiger partial charge in [0.05, 0.1) is 12.6 Å². The van der Waals surface area contributed by atoms with Crippen molar-refractivity contribution in [1.82, 2.24) is 0 Å². The van der Waals surface area contributed by atoms with Gasteiger partial charge in [-0.15, -0.1) is 0 Å². The Morgan fingerprint density at radius 1 is 1.10 bits per heavy atom. The lowest BCUT2D eigenvalue weighted by molar-refractivity contribution is 0.313. The van der Waals surface area contributed by atoms with Gasteiger partial charge in [0, 0.05) is 25.3 Å². The van der Waals surface area contributed by atoms with Gasteiger partial charge in [0.25, 0.3) is 0 Å². The van der Waals surface area contributed by atoms with Gasteiger partial charge in [-0.1, -0.05) is 37.3 Å². The highest BCUT2D eigenvalue weighted by molar-refractivity contribution is 5.50. The van der Waals surface area contributed by atoms with Crippen molar-refractivity contribution < 1.29 is 4.74 Å². The maximum atomic E-state index is 6.46. The van der Waals surface area contributed by atoms with Gasteiger partial charge in [-0.05, 0) is 30.2 Å². The van der Waals surface area contributed by atoms with E-state index in [1.165, 1.54) is 0 Å². The first kappa shape index (κ1) is 15.4. The molecule has 0 aromatic heterocycles. The van der Waals surface area contributed by atoms with Crippen LogP contribution in [0.4, 0.5) is 5.69 Å². The second-order valence-electron chi connectivity index (χ2n) is 5.35. The van der Waals surface area contributed by atoms with Crippen LogP contribution in [0.5, 0.6) is 5.75 Å². The SMILES string of the molecule is CCCOc1ccccc1C(N)c1cccc(N(C)C)c1. The molecule has 0 bridgehead atoms. The Bertz CT molecular complexity index is 581. The summed E-state index contributed by atoms with van der Waals surface area (Å²) in [4.78, 5) is 2.08. The van der Waals surface area contributed by atoms with E-state index in [0.717, 1.165) is 29.0 Å². The first-order valence-electron chi connectivity index (χ1n) is 7.38. The normalized spacial score (nSPS) is 12.0. The van der Waals surface area contributed by atoms with Gasteiger partial charge < -0.3 is 15.4 Å². The molecule has 1 unspecified atom stereocenters. The monoisotopic (exact) mass is 284 g/mol. The van der Waals surface area contributed by atoms with Crippen LogP contribution >= 0.6 is 0 Å². The second kappa shape index (κ2) is 7.14. The van der Waals surface area contributed by atoms with Crippen LogP contribution in [0.25, 0.3) is 0 Å². The summed E-state index contributed by atoms with van der Waals surface area (Å²) in [6.07, 6.45) is 0.986. The summed E-state index contributed by atoms with van der Waals surface area (Å²) in [6.45, 7) is 2.81. The number of nitrogens with two attached hydrogens (primary N) is 1. The zero-order valence-corrected chi connectivity index (χ0v) is 13.0. The molecule has 0 radical (unpaired) electrons. The largest absolute Gasteiger partial charge is 0.493 e. The van der Waals surface area contributed by atoms with E-state index in [9.17, 15) is 0 Å². The summed E-state index contributed by atoms with van der Waals surface area (Å²) in [6, 6.07) is 16.1. The third-order valence-electron chi connectivity index (χ3n) is 3.46. The quantitative estimate of drug-likeness (QED) is 0.881. The van der Waals surface area contributed by atoms with Gasteiger partial charge >= 0.3 is 0 Å². The number of hydrogen-bond donors (Lipinski definition) is 1. The molecule has 2 N–H and O–H groups in total. The molecule has 0 amide bonds. The molecule has 0 aliphatic heterocycles. The lowest BCUT2D eigenvalue weighted by atomic mass is 9.98. The van der Waals surface area contributed by atoms with Crippen LogP contribution in [0.3, 0.4) is 0 Å². The predicted octanol–water partition coefficient (Wildman–Crippen LogP) is 3.59. The third kappa shape index (κ3) is 3.76. The highest BCUT2D eigenvalue weighted by Gasteiger charge is 2.14. The Hall–Kier alpha value is -2.00. The maximum absolute atomic E-state index is 6.46. The summed E-state index contributed by atoms with van der Waals surface area (Å²) in [7, 11) is 4.06. The van der Waals surface area contributed by atoms with Crippen LogP contribution in [0.1, 0.15) is 30.5 Å². The van der Waals surface area contributed by atoms with E-state index in [4.69, 9.17) is 10.5 Å². The van der Waals surface area contributed by atoms with Crippen molar-refractivity contribution in [3.8, 4) is 5.75 Å². The minimum atomic E-state index is -0.182. The zero-order valence-electron chi connectivity index (χ0n) is 13.0. The first-order chi connectivity index (χ1) is 10.1. The Labute approximate surface area is 127 Å². The minimum Gasteiger partial charge on any atom is -0.493 e. The molecule has 1 atom stereocenters. The van der Waals surface area contributed by atoms with E-state index in [-0.39, 0.29) is 6.04 Å². The lowest BCUT2D eigenvalue weighted by Gasteiger charge is -2.19. The number of nitrogens with zero attached hydrogens (tertiary/aromatic N) is 1. The molecule has 0 saturated heterocycles. The fraction of sp³-hybridized carbons (Fsp3) is 0.333. The fourth-order valence-electron chi connectivity index (χ4n) is 2.26. The molecule has 0 spiro atoms. The number of rotatable bonds is 6. The van der Waals surface area contributed by atoms with Crippen molar-refractivity contribution in [3.63, 3.8) is 0 Å². The number of benzene rings is 2. The zero-order chi connectivity index (χ0) is 15.2. The fourth-order valence-corrected chi connectivity index (χ4v) is 2.26. The van der Waals surface area contributed by atoms with E-state index in [2.05, 4.69) is 30.0 Å². The molecule has 3 nitrogen and oxygen atoms in total. The summed E-state index contributed by atoms with van der Waals surface area (Å²) >= 11 is 0. The van der Waals surface area contributed by atoms with Gasteiger partial charge in [0.1, 0.15) is 5.75 Å².